The fourth-order valence-corrected chi connectivity index (χ4v) is 4.16. The first-order valence-electron chi connectivity index (χ1n) is 11.1. The molecule has 184 valence electrons. The van der Waals surface area contributed by atoms with Gasteiger partial charge in [-0.3, -0.25) is 14.4 Å². The van der Waals surface area contributed by atoms with Crippen LogP contribution in [0, 0.1) is 6.92 Å². The highest BCUT2D eigenvalue weighted by atomic mass is 35.5. The minimum Gasteiger partial charge on any atom is -0.481 e. The summed E-state index contributed by atoms with van der Waals surface area (Å²) < 4.78 is 7.04. The molecule has 0 aliphatic heterocycles. The zero-order chi connectivity index (χ0) is 26.0. The molecule has 4 aromatic rings. The molecule has 0 aliphatic carbocycles. The van der Waals surface area contributed by atoms with Crippen LogP contribution in [0.4, 0.5) is 5.69 Å². The molecule has 0 bridgehead atoms. The van der Waals surface area contributed by atoms with Crippen LogP contribution >= 0.6 is 11.6 Å². The average molecular weight is 505 g/mol. The Morgan fingerprint density at radius 2 is 1.78 bits per heavy atom. The molecule has 0 aliphatic rings. The van der Waals surface area contributed by atoms with Gasteiger partial charge in [0.15, 0.2) is 0 Å². The van der Waals surface area contributed by atoms with Gasteiger partial charge in [-0.05, 0) is 48.9 Å². The van der Waals surface area contributed by atoms with E-state index in [1.165, 1.54) is 24.3 Å². The number of fused-ring (bicyclic) bond motifs is 1. The first-order chi connectivity index (χ1) is 17.2. The quantitative estimate of drug-likeness (QED) is 0.294. The summed E-state index contributed by atoms with van der Waals surface area (Å²) in [4.78, 5) is 44.6. The van der Waals surface area contributed by atoms with E-state index in [9.17, 15) is 14.4 Å². The van der Waals surface area contributed by atoms with Crippen LogP contribution in [0.3, 0.4) is 0 Å². The maximum atomic E-state index is 13.5. The number of aromatic nitrogens is 2. The Bertz CT molecular complexity index is 1480. The van der Waals surface area contributed by atoms with E-state index in [-0.39, 0.29) is 11.5 Å². The SMILES string of the molecule is COc1cc(NC(=O)C(=O)c2c(C)n(Cc3ccc(Cl)cc3)c3ccc(C(=O)N(C)C)cc23)ccn1. The number of halogens is 1. The third kappa shape index (κ3) is 4.94. The van der Waals surface area contributed by atoms with Crippen LogP contribution in [0.1, 0.15) is 32.0 Å². The predicted molar refractivity (Wildman–Crippen MR) is 139 cm³/mol. The molecule has 0 radical (unpaired) electrons. The van der Waals surface area contributed by atoms with Crippen molar-refractivity contribution in [1.29, 1.82) is 0 Å². The molecule has 36 heavy (non-hydrogen) atoms. The Morgan fingerprint density at radius 1 is 1.06 bits per heavy atom. The molecule has 2 aromatic heterocycles. The molecule has 0 saturated heterocycles. The van der Waals surface area contributed by atoms with Gasteiger partial charge >= 0.3 is 0 Å². The Labute approximate surface area is 213 Å². The molecule has 0 saturated carbocycles. The number of pyridine rings is 1. The summed E-state index contributed by atoms with van der Waals surface area (Å²) in [6.45, 7) is 2.25. The molecule has 0 spiro atoms. The van der Waals surface area contributed by atoms with Crippen molar-refractivity contribution >= 4 is 45.8 Å². The molecular weight excluding hydrogens is 480 g/mol. The second kappa shape index (κ2) is 10.2. The van der Waals surface area contributed by atoms with Crippen molar-refractivity contribution in [3.63, 3.8) is 0 Å². The smallest absolute Gasteiger partial charge is 0.296 e. The molecule has 4 rings (SSSR count). The van der Waals surface area contributed by atoms with Crippen molar-refractivity contribution in [3.8, 4) is 5.88 Å². The highest BCUT2D eigenvalue weighted by Crippen LogP contribution is 2.29. The molecule has 9 heteroatoms. The van der Waals surface area contributed by atoms with Gasteiger partial charge in [0.1, 0.15) is 0 Å². The fraction of sp³-hybridized carbons (Fsp3) is 0.185. The second-order valence-corrected chi connectivity index (χ2v) is 8.91. The van der Waals surface area contributed by atoms with E-state index in [1.807, 2.05) is 16.7 Å². The van der Waals surface area contributed by atoms with Gasteiger partial charge in [-0.25, -0.2) is 4.98 Å². The summed E-state index contributed by atoms with van der Waals surface area (Å²) in [5.41, 5.74) is 3.36. The lowest BCUT2D eigenvalue weighted by molar-refractivity contribution is -0.112. The van der Waals surface area contributed by atoms with Crippen LogP contribution in [-0.2, 0) is 11.3 Å². The number of ether oxygens (including phenoxy) is 1. The standard InChI is InChI=1S/C27H25ClN4O4/c1-16-24(25(33)26(34)30-20-11-12-29-23(14-20)36-4)21-13-18(27(35)31(2)3)7-10-22(21)32(16)15-17-5-8-19(28)9-6-17/h5-14H,15H2,1-4H3,(H,29,30,34). The molecular formula is C27H25ClN4O4. The first-order valence-corrected chi connectivity index (χ1v) is 11.5. The van der Waals surface area contributed by atoms with Gasteiger partial charge in [0, 0.05) is 65.8 Å². The van der Waals surface area contributed by atoms with Gasteiger partial charge in [-0.2, -0.15) is 0 Å². The van der Waals surface area contributed by atoms with Gasteiger partial charge in [-0.1, -0.05) is 23.7 Å². The number of rotatable bonds is 7. The molecule has 2 amide bonds. The van der Waals surface area contributed by atoms with Crippen LogP contribution in [0.5, 0.6) is 5.88 Å². The summed E-state index contributed by atoms with van der Waals surface area (Å²) in [5, 5.41) is 3.77. The van der Waals surface area contributed by atoms with Gasteiger partial charge in [0.05, 0.1) is 12.7 Å². The summed E-state index contributed by atoms with van der Waals surface area (Å²) in [7, 11) is 4.78. The van der Waals surface area contributed by atoms with E-state index >= 15 is 0 Å². The Hall–Kier alpha value is -4.17. The topological polar surface area (TPSA) is 93.5 Å². The van der Waals surface area contributed by atoms with Crippen LogP contribution in [-0.4, -0.2) is 53.3 Å². The number of carbonyl (C=O) groups excluding carboxylic acids is 3. The monoisotopic (exact) mass is 504 g/mol. The first kappa shape index (κ1) is 24.9. The number of hydrogen-bond donors (Lipinski definition) is 1. The minimum atomic E-state index is -0.804. The van der Waals surface area contributed by atoms with Crippen molar-refractivity contribution in [3.05, 3.63) is 88.2 Å². The number of amides is 2. The number of hydrogen-bond acceptors (Lipinski definition) is 5. The lowest BCUT2D eigenvalue weighted by Gasteiger charge is -2.11. The minimum absolute atomic E-state index is 0.202. The van der Waals surface area contributed by atoms with Crippen LogP contribution in [0.25, 0.3) is 10.9 Å². The number of carbonyl (C=O) groups is 3. The Morgan fingerprint density at radius 3 is 2.44 bits per heavy atom. The third-order valence-corrected chi connectivity index (χ3v) is 6.12. The van der Waals surface area contributed by atoms with Crippen LogP contribution in [0.2, 0.25) is 5.02 Å². The van der Waals surface area contributed by atoms with E-state index < -0.39 is 11.7 Å². The normalized spacial score (nSPS) is 10.8. The highest BCUT2D eigenvalue weighted by Gasteiger charge is 2.26. The molecule has 0 fully saturated rings. The number of nitrogens with zero attached hydrogens (tertiary/aromatic N) is 3. The number of benzene rings is 2. The van der Waals surface area contributed by atoms with E-state index in [0.29, 0.717) is 39.8 Å². The fourth-order valence-electron chi connectivity index (χ4n) is 4.04. The largest absolute Gasteiger partial charge is 0.481 e. The molecule has 0 atom stereocenters. The number of Topliss-reactive ketones (excluding diaryl/α,β-unsaturated/α-hetero) is 1. The predicted octanol–water partition coefficient (Wildman–Crippen LogP) is 4.58. The Kier molecular flexibility index (Phi) is 7.07. The van der Waals surface area contributed by atoms with Crippen LogP contribution < -0.4 is 10.1 Å². The lowest BCUT2D eigenvalue weighted by atomic mass is 10.0. The van der Waals surface area contributed by atoms with Crippen molar-refractivity contribution < 1.29 is 19.1 Å². The molecule has 2 aromatic carbocycles. The van der Waals surface area contributed by atoms with E-state index in [0.717, 1.165) is 11.1 Å². The van der Waals surface area contributed by atoms with Crippen molar-refractivity contribution in [1.82, 2.24) is 14.5 Å². The van der Waals surface area contributed by atoms with Crippen molar-refractivity contribution in [2.45, 2.75) is 13.5 Å². The third-order valence-electron chi connectivity index (χ3n) is 5.87. The zero-order valence-electron chi connectivity index (χ0n) is 20.3. The average Bonchev–Trinajstić information content (AvgIpc) is 3.14. The van der Waals surface area contributed by atoms with Gasteiger partial charge < -0.3 is 19.5 Å². The van der Waals surface area contributed by atoms with E-state index in [1.54, 1.807) is 57.4 Å². The molecule has 2 heterocycles. The highest BCUT2D eigenvalue weighted by molar-refractivity contribution is 6.48. The number of methoxy groups -OCH3 is 1. The maximum Gasteiger partial charge on any atom is 0.296 e. The molecule has 8 nitrogen and oxygen atoms in total. The summed E-state index contributed by atoms with van der Waals surface area (Å²) in [5.74, 6) is -1.41. The summed E-state index contributed by atoms with van der Waals surface area (Å²) >= 11 is 6.04. The van der Waals surface area contributed by atoms with Gasteiger partial charge in [0.2, 0.25) is 5.88 Å². The molecule has 0 unspecified atom stereocenters. The number of ketones is 1. The number of anilines is 1. The van der Waals surface area contributed by atoms with E-state index in [2.05, 4.69) is 10.3 Å². The summed E-state index contributed by atoms with van der Waals surface area (Å²) in [6, 6.07) is 15.7. The number of nitrogens with one attached hydrogen (secondary N) is 1. The van der Waals surface area contributed by atoms with Crippen molar-refractivity contribution in [2.75, 3.05) is 26.5 Å². The lowest BCUT2D eigenvalue weighted by Crippen LogP contribution is -2.24. The Balaban J connectivity index is 1.80. The zero-order valence-corrected chi connectivity index (χ0v) is 21.1. The van der Waals surface area contributed by atoms with E-state index in [4.69, 9.17) is 16.3 Å². The van der Waals surface area contributed by atoms with Crippen LogP contribution in [0.15, 0.2) is 60.8 Å². The van der Waals surface area contributed by atoms with Gasteiger partial charge in [0.25, 0.3) is 17.6 Å². The van der Waals surface area contributed by atoms with Gasteiger partial charge in [-0.15, -0.1) is 0 Å². The van der Waals surface area contributed by atoms with Crippen molar-refractivity contribution in [2.24, 2.45) is 0 Å². The maximum absolute atomic E-state index is 13.5. The second-order valence-electron chi connectivity index (χ2n) is 8.47. The molecule has 1 N–H and O–H groups in total. The summed E-state index contributed by atoms with van der Waals surface area (Å²) in [6.07, 6.45) is 1.47.